The number of likely N-dealkylation sites (tertiary alicyclic amines) is 1. The predicted molar refractivity (Wildman–Crippen MR) is 113 cm³/mol. The molecule has 31 heavy (non-hydrogen) atoms. The Labute approximate surface area is 180 Å². The van der Waals surface area contributed by atoms with E-state index in [4.69, 9.17) is 19.9 Å². The van der Waals surface area contributed by atoms with Gasteiger partial charge in [-0.2, -0.15) is 0 Å². The molecule has 0 unspecified atom stereocenters. The van der Waals surface area contributed by atoms with Gasteiger partial charge in [-0.25, -0.2) is 9.59 Å². The molecule has 164 valence electrons. The molecule has 0 bridgehead atoms. The van der Waals surface area contributed by atoms with E-state index >= 15 is 0 Å². The highest BCUT2D eigenvalue weighted by atomic mass is 16.6. The van der Waals surface area contributed by atoms with E-state index < -0.39 is 5.97 Å². The Morgan fingerprint density at radius 3 is 2.29 bits per heavy atom. The molecule has 2 aromatic rings. The lowest BCUT2D eigenvalue weighted by Gasteiger charge is -2.31. The molecule has 1 heterocycles. The van der Waals surface area contributed by atoms with E-state index in [1.165, 1.54) is 0 Å². The number of carbonyl (C=O) groups excluding carboxylic acids is 3. The van der Waals surface area contributed by atoms with Crippen LogP contribution >= 0.6 is 0 Å². The third-order valence-electron chi connectivity index (χ3n) is 4.92. The number of amides is 1. The first-order chi connectivity index (χ1) is 15.0. The molecule has 0 radical (unpaired) electrons. The fourth-order valence-electron chi connectivity index (χ4n) is 3.18. The molecule has 3 rings (SSSR count). The van der Waals surface area contributed by atoms with Gasteiger partial charge in [-0.05, 0) is 29.8 Å². The largest absolute Gasteiger partial charge is 0.482 e. The van der Waals surface area contributed by atoms with Crippen LogP contribution in [0.1, 0.15) is 28.8 Å². The first-order valence-electron chi connectivity index (χ1n) is 10.2. The minimum atomic E-state index is -0.479. The molecule has 8 nitrogen and oxygen atoms in total. The van der Waals surface area contributed by atoms with Gasteiger partial charge in [0.05, 0.1) is 6.54 Å². The molecule has 0 saturated carbocycles. The summed E-state index contributed by atoms with van der Waals surface area (Å²) in [6.45, 7) is 0.860. The Morgan fingerprint density at radius 2 is 1.65 bits per heavy atom. The summed E-state index contributed by atoms with van der Waals surface area (Å²) in [6.07, 6.45) is 0.455. The standard InChI is InChI=1S/C23H26N2O6/c24-14-21(26)18-6-8-19(9-7-18)29-16-22(27)31-20-10-12-25(13-11-20)23(28)30-15-17-4-2-1-3-5-17/h1-9,20H,10-16,24H2. The zero-order chi connectivity index (χ0) is 22.1. The number of carbonyl (C=O) groups is 3. The Morgan fingerprint density at radius 1 is 0.968 bits per heavy atom. The van der Waals surface area contributed by atoms with Gasteiger partial charge in [0.2, 0.25) is 0 Å². The second-order valence-corrected chi connectivity index (χ2v) is 7.16. The van der Waals surface area contributed by atoms with Crippen molar-refractivity contribution in [3.63, 3.8) is 0 Å². The quantitative estimate of drug-likeness (QED) is 0.510. The summed E-state index contributed by atoms with van der Waals surface area (Å²) < 4.78 is 16.2. The third-order valence-corrected chi connectivity index (χ3v) is 4.92. The van der Waals surface area contributed by atoms with Gasteiger partial charge in [-0.3, -0.25) is 4.79 Å². The SMILES string of the molecule is NCC(=O)c1ccc(OCC(=O)OC2CCN(C(=O)OCc3ccccc3)CC2)cc1. The van der Waals surface area contributed by atoms with Crippen molar-refractivity contribution in [2.45, 2.75) is 25.6 Å². The first kappa shape index (κ1) is 22.3. The molecule has 1 saturated heterocycles. The van der Waals surface area contributed by atoms with E-state index in [-0.39, 0.29) is 37.7 Å². The Hall–Kier alpha value is -3.39. The third kappa shape index (κ3) is 6.82. The number of nitrogens with zero attached hydrogens (tertiary/aromatic N) is 1. The van der Waals surface area contributed by atoms with Crippen molar-refractivity contribution in [3.05, 3.63) is 65.7 Å². The van der Waals surface area contributed by atoms with E-state index in [2.05, 4.69) is 0 Å². The van der Waals surface area contributed by atoms with Gasteiger partial charge in [-0.1, -0.05) is 30.3 Å². The summed E-state index contributed by atoms with van der Waals surface area (Å²) in [4.78, 5) is 37.4. The molecule has 2 aromatic carbocycles. The van der Waals surface area contributed by atoms with Crippen LogP contribution in [0.3, 0.4) is 0 Å². The molecule has 0 atom stereocenters. The van der Waals surface area contributed by atoms with Crippen LogP contribution in [0.5, 0.6) is 5.75 Å². The minimum absolute atomic E-state index is 0.0594. The number of piperidine rings is 1. The summed E-state index contributed by atoms with van der Waals surface area (Å²) in [5.41, 5.74) is 6.75. The van der Waals surface area contributed by atoms with Gasteiger partial charge in [-0.15, -0.1) is 0 Å². The van der Waals surface area contributed by atoms with Crippen LogP contribution in [0, 0.1) is 0 Å². The van der Waals surface area contributed by atoms with Crippen LogP contribution in [0.4, 0.5) is 4.79 Å². The molecule has 1 amide bonds. The summed E-state index contributed by atoms with van der Waals surface area (Å²) in [6, 6.07) is 15.9. The van der Waals surface area contributed by atoms with E-state index in [0.717, 1.165) is 5.56 Å². The van der Waals surface area contributed by atoms with Crippen LogP contribution < -0.4 is 10.5 Å². The van der Waals surface area contributed by atoms with E-state index in [1.54, 1.807) is 29.2 Å². The topological polar surface area (TPSA) is 108 Å². The van der Waals surface area contributed by atoms with Crippen molar-refractivity contribution in [2.75, 3.05) is 26.2 Å². The number of Topliss-reactive ketones (excluding diaryl/α,β-unsaturated/α-hetero) is 1. The van der Waals surface area contributed by atoms with Crippen LogP contribution in [0.2, 0.25) is 0 Å². The fourth-order valence-corrected chi connectivity index (χ4v) is 3.18. The Balaban J connectivity index is 1.35. The average Bonchev–Trinajstić information content (AvgIpc) is 2.82. The summed E-state index contributed by atoms with van der Waals surface area (Å²) in [7, 11) is 0. The van der Waals surface area contributed by atoms with Gasteiger partial charge < -0.3 is 24.8 Å². The van der Waals surface area contributed by atoms with Gasteiger partial charge in [0, 0.05) is 31.5 Å². The number of esters is 1. The van der Waals surface area contributed by atoms with Crippen LogP contribution in [0.25, 0.3) is 0 Å². The number of hydrogen-bond donors (Lipinski definition) is 1. The zero-order valence-corrected chi connectivity index (χ0v) is 17.2. The van der Waals surface area contributed by atoms with Crippen LogP contribution in [-0.4, -0.2) is 55.1 Å². The molecular formula is C23H26N2O6. The molecule has 0 aliphatic carbocycles. The Bertz CT molecular complexity index is 877. The highest BCUT2D eigenvalue weighted by molar-refractivity contribution is 5.97. The number of rotatable bonds is 8. The number of hydrogen-bond acceptors (Lipinski definition) is 7. The molecular weight excluding hydrogens is 400 g/mol. The molecule has 8 heteroatoms. The van der Waals surface area contributed by atoms with Crippen molar-refractivity contribution < 1.29 is 28.6 Å². The minimum Gasteiger partial charge on any atom is -0.482 e. The van der Waals surface area contributed by atoms with E-state index in [0.29, 0.717) is 37.2 Å². The van der Waals surface area contributed by atoms with Gasteiger partial charge >= 0.3 is 12.1 Å². The lowest BCUT2D eigenvalue weighted by Crippen LogP contribution is -2.42. The predicted octanol–water partition coefficient (Wildman–Crippen LogP) is 2.55. The molecule has 0 aromatic heterocycles. The number of benzene rings is 2. The molecule has 1 fully saturated rings. The normalized spacial score (nSPS) is 14.0. The number of ether oxygens (including phenoxy) is 3. The number of ketones is 1. The fraction of sp³-hybridized carbons (Fsp3) is 0.348. The average molecular weight is 426 g/mol. The van der Waals surface area contributed by atoms with Crippen molar-refractivity contribution in [2.24, 2.45) is 5.73 Å². The molecule has 0 spiro atoms. The summed E-state index contributed by atoms with van der Waals surface area (Å²) in [5, 5.41) is 0. The second kappa shape index (κ2) is 11.1. The first-order valence-corrected chi connectivity index (χ1v) is 10.2. The van der Waals surface area contributed by atoms with Crippen LogP contribution in [0.15, 0.2) is 54.6 Å². The summed E-state index contributed by atoms with van der Waals surface area (Å²) >= 11 is 0. The smallest absolute Gasteiger partial charge is 0.410 e. The number of nitrogens with two attached hydrogens (primary N) is 1. The zero-order valence-electron chi connectivity index (χ0n) is 17.2. The van der Waals surface area contributed by atoms with Gasteiger partial charge in [0.15, 0.2) is 12.4 Å². The lowest BCUT2D eigenvalue weighted by molar-refractivity contribution is -0.153. The maximum atomic E-state index is 12.2. The monoisotopic (exact) mass is 426 g/mol. The van der Waals surface area contributed by atoms with Crippen molar-refractivity contribution in [1.82, 2.24) is 4.90 Å². The van der Waals surface area contributed by atoms with Crippen LogP contribution in [-0.2, 0) is 20.9 Å². The maximum Gasteiger partial charge on any atom is 0.410 e. The molecule has 1 aliphatic heterocycles. The van der Waals surface area contributed by atoms with E-state index in [9.17, 15) is 14.4 Å². The summed E-state index contributed by atoms with van der Waals surface area (Å²) in [5.74, 6) is -0.185. The van der Waals surface area contributed by atoms with Gasteiger partial charge in [0.25, 0.3) is 0 Å². The van der Waals surface area contributed by atoms with Crippen molar-refractivity contribution in [3.8, 4) is 5.75 Å². The Kier molecular flexibility index (Phi) is 8.00. The second-order valence-electron chi connectivity index (χ2n) is 7.16. The maximum absolute atomic E-state index is 12.2. The molecule has 2 N–H and O–H groups in total. The highest BCUT2D eigenvalue weighted by Gasteiger charge is 2.26. The van der Waals surface area contributed by atoms with Gasteiger partial charge in [0.1, 0.15) is 18.5 Å². The highest BCUT2D eigenvalue weighted by Crippen LogP contribution is 2.17. The van der Waals surface area contributed by atoms with Crippen molar-refractivity contribution >= 4 is 17.8 Å². The van der Waals surface area contributed by atoms with E-state index in [1.807, 2.05) is 30.3 Å². The lowest BCUT2D eigenvalue weighted by atomic mass is 10.1. The molecule has 1 aliphatic rings. The van der Waals surface area contributed by atoms with Crippen molar-refractivity contribution in [1.29, 1.82) is 0 Å².